The smallest absolute Gasteiger partial charge is 0.314 e. The number of fused-ring (bicyclic) bond motifs is 1. The first-order valence-corrected chi connectivity index (χ1v) is 4.32. The minimum atomic E-state index is -0.237. The second-order valence-electron chi connectivity index (χ2n) is 3.69. The lowest BCUT2D eigenvalue weighted by molar-refractivity contribution is 0.215. The number of hydrogen-bond donors (Lipinski definition) is 1. The van der Waals surface area contributed by atoms with Gasteiger partial charge in [0.25, 0.3) is 0 Å². The van der Waals surface area contributed by atoms with Gasteiger partial charge in [0.05, 0.1) is 0 Å². The summed E-state index contributed by atoms with van der Waals surface area (Å²) in [6, 6.07) is -0.237. The van der Waals surface area contributed by atoms with Crippen LogP contribution in [0.2, 0.25) is 0 Å². The molecule has 2 fully saturated rings. The Morgan fingerprint density at radius 3 is 2.27 bits per heavy atom. The Balaban J connectivity index is 1.99. The Bertz CT molecular complexity index is 169. The summed E-state index contributed by atoms with van der Waals surface area (Å²) in [6.07, 6.45) is 3.95. The normalized spacial score (nSPS) is 35.8. The van der Waals surface area contributed by atoms with Crippen LogP contribution in [0.5, 0.6) is 0 Å². The van der Waals surface area contributed by atoms with Crippen molar-refractivity contribution in [3.63, 3.8) is 0 Å². The Labute approximate surface area is 66.5 Å². The van der Waals surface area contributed by atoms with E-state index in [1.165, 1.54) is 19.3 Å². The van der Waals surface area contributed by atoms with Gasteiger partial charge in [-0.15, -0.1) is 0 Å². The van der Waals surface area contributed by atoms with Crippen LogP contribution in [-0.4, -0.2) is 24.0 Å². The molecule has 2 unspecified atom stereocenters. The average Bonchev–Trinajstić information content (AvgIpc) is 2.40. The first-order valence-electron chi connectivity index (χ1n) is 4.32. The van der Waals surface area contributed by atoms with Crippen molar-refractivity contribution in [2.75, 3.05) is 13.1 Å². The average molecular weight is 154 g/mol. The predicted octanol–water partition coefficient (Wildman–Crippen LogP) is 0.797. The molecule has 2 N–H and O–H groups in total. The zero-order valence-electron chi connectivity index (χ0n) is 6.62. The van der Waals surface area contributed by atoms with Crippen molar-refractivity contribution < 1.29 is 4.79 Å². The van der Waals surface area contributed by atoms with Crippen LogP contribution < -0.4 is 5.73 Å². The summed E-state index contributed by atoms with van der Waals surface area (Å²) in [5, 5.41) is 0. The highest BCUT2D eigenvalue weighted by Crippen LogP contribution is 2.37. The lowest BCUT2D eigenvalue weighted by Crippen LogP contribution is -2.34. The van der Waals surface area contributed by atoms with Crippen LogP contribution in [0.25, 0.3) is 0 Å². The van der Waals surface area contributed by atoms with Crippen molar-refractivity contribution in [2.45, 2.75) is 19.3 Å². The fourth-order valence-electron chi connectivity index (χ4n) is 2.41. The number of urea groups is 1. The molecule has 0 aromatic heterocycles. The van der Waals surface area contributed by atoms with Gasteiger partial charge in [-0.3, -0.25) is 0 Å². The second-order valence-corrected chi connectivity index (χ2v) is 3.69. The number of rotatable bonds is 0. The first kappa shape index (κ1) is 6.95. The van der Waals surface area contributed by atoms with Gasteiger partial charge in [0.1, 0.15) is 0 Å². The maximum absolute atomic E-state index is 10.8. The van der Waals surface area contributed by atoms with Crippen LogP contribution in [0.3, 0.4) is 0 Å². The molecule has 3 heteroatoms. The van der Waals surface area contributed by atoms with E-state index in [4.69, 9.17) is 5.73 Å². The van der Waals surface area contributed by atoms with Crippen LogP contribution in [0, 0.1) is 11.8 Å². The zero-order chi connectivity index (χ0) is 7.84. The summed E-state index contributed by atoms with van der Waals surface area (Å²) in [6.45, 7) is 1.83. The molecule has 2 atom stereocenters. The van der Waals surface area contributed by atoms with Crippen molar-refractivity contribution in [2.24, 2.45) is 17.6 Å². The molecule has 2 amide bonds. The molecular formula is C8H14N2O. The summed E-state index contributed by atoms with van der Waals surface area (Å²) < 4.78 is 0. The minimum absolute atomic E-state index is 0.237. The molecule has 3 nitrogen and oxygen atoms in total. The van der Waals surface area contributed by atoms with E-state index in [0.717, 1.165) is 24.9 Å². The fourth-order valence-corrected chi connectivity index (χ4v) is 2.41. The Hall–Kier alpha value is -0.730. The van der Waals surface area contributed by atoms with E-state index in [0.29, 0.717) is 0 Å². The third-order valence-corrected chi connectivity index (χ3v) is 3.04. The molecule has 1 aliphatic heterocycles. The number of likely N-dealkylation sites (tertiary alicyclic amines) is 1. The minimum Gasteiger partial charge on any atom is -0.351 e. The highest BCUT2D eigenvalue weighted by Gasteiger charge is 2.37. The summed E-state index contributed by atoms with van der Waals surface area (Å²) >= 11 is 0. The molecule has 2 rings (SSSR count). The highest BCUT2D eigenvalue weighted by molar-refractivity contribution is 5.72. The van der Waals surface area contributed by atoms with Gasteiger partial charge in [-0.05, 0) is 24.7 Å². The van der Waals surface area contributed by atoms with E-state index in [-0.39, 0.29) is 6.03 Å². The molecule has 1 heterocycles. The standard InChI is InChI=1S/C8H14N2O/c9-8(11)10-4-6-2-1-3-7(6)5-10/h6-7H,1-5H2,(H2,9,11). The van der Waals surface area contributed by atoms with E-state index in [2.05, 4.69) is 0 Å². The predicted molar refractivity (Wildman–Crippen MR) is 42.0 cm³/mol. The molecule has 1 saturated carbocycles. The number of carbonyl (C=O) groups excluding carboxylic acids is 1. The molecule has 0 radical (unpaired) electrons. The molecule has 11 heavy (non-hydrogen) atoms. The van der Waals surface area contributed by atoms with E-state index in [1.807, 2.05) is 0 Å². The van der Waals surface area contributed by atoms with Gasteiger partial charge < -0.3 is 10.6 Å². The van der Waals surface area contributed by atoms with Gasteiger partial charge in [0.15, 0.2) is 0 Å². The van der Waals surface area contributed by atoms with Crippen molar-refractivity contribution in [1.82, 2.24) is 4.90 Å². The maximum atomic E-state index is 10.8. The third-order valence-electron chi connectivity index (χ3n) is 3.04. The molecule has 0 aromatic carbocycles. The first-order chi connectivity index (χ1) is 5.27. The number of nitrogens with two attached hydrogens (primary N) is 1. The van der Waals surface area contributed by atoms with Crippen molar-refractivity contribution >= 4 is 6.03 Å². The van der Waals surface area contributed by atoms with E-state index < -0.39 is 0 Å². The van der Waals surface area contributed by atoms with E-state index in [9.17, 15) is 4.79 Å². The van der Waals surface area contributed by atoms with Gasteiger partial charge in [-0.1, -0.05) is 6.42 Å². The molecular weight excluding hydrogens is 140 g/mol. The number of carbonyl (C=O) groups is 1. The third kappa shape index (κ3) is 1.08. The maximum Gasteiger partial charge on any atom is 0.314 e. The van der Waals surface area contributed by atoms with Crippen molar-refractivity contribution in [3.8, 4) is 0 Å². The van der Waals surface area contributed by atoms with Crippen LogP contribution in [0.15, 0.2) is 0 Å². The number of nitrogens with zero attached hydrogens (tertiary/aromatic N) is 1. The molecule has 1 aliphatic carbocycles. The Morgan fingerprint density at radius 1 is 1.27 bits per heavy atom. The molecule has 2 aliphatic rings. The molecule has 0 aromatic rings. The SMILES string of the molecule is NC(=O)N1CC2CCCC2C1. The zero-order valence-corrected chi connectivity index (χ0v) is 6.62. The monoisotopic (exact) mass is 154 g/mol. The summed E-state index contributed by atoms with van der Waals surface area (Å²) in [7, 11) is 0. The van der Waals surface area contributed by atoms with Gasteiger partial charge in [-0.25, -0.2) is 4.79 Å². The summed E-state index contributed by atoms with van der Waals surface area (Å²) in [4.78, 5) is 12.6. The Kier molecular flexibility index (Phi) is 1.51. The second kappa shape index (κ2) is 2.40. The van der Waals surface area contributed by atoms with Crippen LogP contribution in [0.1, 0.15) is 19.3 Å². The van der Waals surface area contributed by atoms with Gasteiger partial charge >= 0.3 is 6.03 Å². The largest absolute Gasteiger partial charge is 0.351 e. The molecule has 0 bridgehead atoms. The van der Waals surface area contributed by atoms with Crippen LogP contribution in [-0.2, 0) is 0 Å². The molecule has 1 saturated heterocycles. The quantitative estimate of drug-likeness (QED) is 0.551. The number of amides is 2. The lowest BCUT2D eigenvalue weighted by atomic mass is 10.0. The van der Waals surface area contributed by atoms with Crippen LogP contribution >= 0.6 is 0 Å². The molecule has 0 spiro atoms. The van der Waals surface area contributed by atoms with Gasteiger partial charge in [0, 0.05) is 13.1 Å². The van der Waals surface area contributed by atoms with E-state index in [1.54, 1.807) is 4.90 Å². The van der Waals surface area contributed by atoms with Crippen molar-refractivity contribution in [3.05, 3.63) is 0 Å². The van der Waals surface area contributed by atoms with Crippen LogP contribution in [0.4, 0.5) is 4.79 Å². The number of primary amides is 1. The topological polar surface area (TPSA) is 46.3 Å². The van der Waals surface area contributed by atoms with Crippen molar-refractivity contribution in [1.29, 1.82) is 0 Å². The molecule has 62 valence electrons. The fraction of sp³-hybridized carbons (Fsp3) is 0.875. The lowest BCUT2D eigenvalue weighted by Gasteiger charge is -2.12. The Morgan fingerprint density at radius 2 is 1.82 bits per heavy atom. The van der Waals surface area contributed by atoms with E-state index >= 15 is 0 Å². The highest BCUT2D eigenvalue weighted by atomic mass is 16.2. The summed E-state index contributed by atoms with van der Waals surface area (Å²) in [5.41, 5.74) is 5.19. The van der Waals surface area contributed by atoms with Gasteiger partial charge in [-0.2, -0.15) is 0 Å². The summed E-state index contributed by atoms with van der Waals surface area (Å²) in [5.74, 6) is 1.53. The number of hydrogen-bond acceptors (Lipinski definition) is 1. The van der Waals surface area contributed by atoms with Gasteiger partial charge in [0.2, 0.25) is 0 Å².